The van der Waals surface area contributed by atoms with Gasteiger partial charge in [0.15, 0.2) is 0 Å². The van der Waals surface area contributed by atoms with E-state index < -0.39 is 0 Å². The van der Waals surface area contributed by atoms with E-state index in [2.05, 4.69) is 182 Å². The molecule has 10 rings (SSSR count). The summed E-state index contributed by atoms with van der Waals surface area (Å²) in [4.78, 5) is 0. The molecule has 0 unspecified atom stereocenters. The van der Waals surface area contributed by atoms with E-state index in [0.29, 0.717) is 0 Å². The van der Waals surface area contributed by atoms with Crippen molar-refractivity contribution in [3.8, 4) is 33.4 Å². The Bertz CT molecular complexity index is 2880. The lowest BCUT2D eigenvalue weighted by Crippen LogP contribution is -1.93. The van der Waals surface area contributed by atoms with Crippen molar-refractivity contribution in [2.75, 3.05) is 0 Å². The van der Waals surface area contributed by atoms with Gasteiger partial charge in [-0.15, -0.1) is 0 Å². The van der Waals surface area contributed by atoms with Crippen molar-refractivity contribution < 1.29 is 0 Å². The molecular formula is C48H30. The summed E-state index contributed by atoms with van der Waals surface area (Å²) in [7, 11) is 0. The smallest absolute Gasteiger partial charge is 0.00199 e. The number of rotatable bonds is 3. The van der Waals surface area contributed by atoms with Crippen molar-refractivity contribution >= 4 is 64.6 Å². The van der Waals surface area contributed by atoms with Crippen molar-refractivity contribution in [3.63, 3.8) is 0 Å². The molecule has 0 aliphatic heterocycles. The quantitative estimate of drug-likeness (QED) is 0.139. The summed E-state index contributed by atoms with van der Waals surface area (Å²) in [6.07, 6.45) is 0. The normalized spacial score (nSPS) is 11.8. The van der Waals surface area contributed by atoms with Gasteiger partial charge in [0, 0.05) is 0 Å². The Morgan fingerprint density at radius 1 is 0.229 bits per heavy atom. The van der Waals surface area contributed by atoms with Crippen molar-refractivity contribution in [1.29, 1.82) is 0 Å². The largest absolute Gasteiger partial charge is 0.0622 e. The summed E-state index contributed by atoms with van der Waals surface area (Å²) >= 11 is 0. The molecule has 0 spiro atoms. The van der Waals surface area contributed by atoms with Crippen LogP contribution >= 0.6 is 0 Å². The molecule has 0 saturated carbocycles. The maximum atomic E-state index is 2.44. The van der Waals surface area contributed by atoms with E-state index in [4.69, 9.17) is 0 Å². The fraction of sp³-hybridized carbons (Fsp3) is 0. The van der Waals surface area contributed by atoms with E-state index in [-0.39, 0.29) is 0 Å². The van der Waals surface area contributed by atoms with Gasteiger partial charge in [-0.1, -0.05) is 164 Å². The maximum Gasteiger partial charge on any atom is -0.00199 e. The van der Waals surface area contributed by atoms with Crippen molar-refractivity contribution in [2.24, 2.45) is 0 Å². The first-order valence-electron chi connectivity index (χ1n) is 16.7. The van der Waals surface area contributed by atoms with Crippen LogP contribution in [-0.2, 0) is 0 Å². The van der Waals surface area contributed by atoms with E-state index in [1.165, 1.54) is 98.0 Å². The first-order valence-corrected chi connectivity index (χ1v) is 16.7. The van der Waals surface area contributed by atoms with E-state index in [9.17, 15) is 0 Å². The lowest BCUT2D eigenvalue weighted by atomic mass is 9.82. The molecule has 10 aromatic rings. The van der Waals surface area contributed by atoms with Gasteiger partial charge < -0.3 is 0 Å². The van der Waals surface area contributed by atoms with E-state index in [0.717, 1.165) is 0 Å². The summed E-state index contributed by atoms with van der Waals surface area (Å²) < 4.78 is 0. The lowest BCUT2D eigenvalue weighted by molar-refractivity contribution is 1.64. The fourth-order valence-corrected chi connectivity index (χ4v) is 8.02. The van der Waals surface area contributed by atoms with Crippen LogP contribution in [0, 0.1) is 0 Å². The van der Waals surface area contributed by atoms with Gasteiger partial charge in [-0.2, -0.15) is 0 Å². The Labute approximate surface area is 279 Å². The van der Waals surface area contributed by atoms with Crippen LogP contribution in [0.5, 0.6) is 0 Å². The molecule has 0 aliphatic carbocycles. The van der Waals surface area contributed by atoms with Gasteiger partial charge >= 0.3 is 0 Å². The molecule has 0 heterocycles. The Morgan fingerprint density at radius 3 is 1.60 bits per heavy atom. The van der Waals surface area contributed by atoms with Crippen LogP contribution in [0.2, 0.25) is 0 Å². The molecule has 0 radical (unpaired) electrons. The zero-order chi connectivity index (χ0) is 31.6. The monoisotopic (exact) mass is 606 g/mol. The summed E-state index contributed by atoms with van der Waals surface area (Å²) in [6.45, 7) is 0. The molecular weight excluding hydrogens is 577 g/mol. The van der Waals surface area contributed by atoms with Crippen LogP contribution in [0.15, 0.2) is 182 Å². The SMILES string of the molecule is c1ccc(-c2ccc3c(-c4cc5ccc6ccccc6c5c5ccccc45)c4ccccc4c(-c4ccc5ccccc5c4)c3c2)cc1. The average molecular weight is 607 g/mol. The zero-order valence-electron chi connectivity index (χ0n) is 26.3. The average Bonchev–Trinajstić information content (AvgIpc) is 3.16. The van der Waals surface area contributed by atoms with Crippen LogP contribution in [0.3, 0.4) is 0 Å². The highest BCUT2D eigenvalue weighted by Crippen LogP contribution is 2.48. The minimum atomic E-state index is 1.22. The van der Waals surface area contributed by atoms with E-state index >= 15 is 0 Å². The number of hydrogen-bond acceptors (Lipinski definition) is 0. The molecule has 10 aromatic carbocycles. The molecule has 222 valence electrons. The molecule has 0 bridgehead atoms. The predicted octanol–water partition coefficient (Wildman–Crippen LogP) is 13.6. The van der Waals surface area contributed by atoms with Crippen LogP contribution in [0.4, 0.5) is 0 Å². The second kappa shape index (κ2) is 10.7. The van der Waals surface area contributed by atoms with Gasteiger partial charge in [-0.05, 0) is 116 Å². The highest BCUT2D eigenvalue weighted by molar-refractivity contribution is 6.28. The summed E-state index contributed by atoms with van der Waals surface area (Å²) in [5.41, 5.74) is 7.52. The lowest BCUT2D eigenvalue weighted by Gasteiger charge is -2.21. The Hall–Kier alpha value is -6.24. The topological polar surface area (TPSA) is 0 Å². The maximum absolute atomic E-state index is 2.44. The molecule has 0 N–H and O–H groups in total. The van der Waals surface area contributed by atoms with Gasteiger partial charge in [0.1, 0.15) is 0 Å². The van der Waals surface area contributed by atoms with Crippen molar-refractivity contribution in [3.05, 3.63) is 182 Å². The molecule has 0 nitrogen and oxygen atoms in total. The first kappa shape index (κ1) is 26.9. The Morgan fingerprint density at radius 2 is 0.792 bits per heavy atom. The highest BCUT2D eigenvalue weighted by Gasteiger charge is 2.20. The third-order valence-corrected chi connectivity index (χ3v) is 10.2. The number of hydrogen-bond donors (Lipinski definition) is 0. The molecule has 0 heteroatoms. The third kappa shape index (κ3) is 4.10. The molecule has 0 aromatic heterocycles. The molecule has 48 heavy (non-hydrogen) atoms. The predicted molar refractivity (Wildman–Crippen MR) is 208 cm³/mol. The van der Waals surface area contributed by atoms with Gasteiger partial charge in [0.25, 0.3) is 0 Å². The highest BCUT2D eigenvalue weighted by atomic mass is 14.2. The molecule has 0 saturated heterocycles. The van der Waals surface area contributed by atoms with Crippen molar-refractivity contribution in [1.82, 2.24) is 0 Å². The second-order valence-corrected chi connectivity index (χ2v) is 12.8. The van der Waals surface area contributed by atoms with E-state index in [1.54, 1.807) is 0 Å². The van der Waals surface area contributed by atoms with Gasteiger partial charge in [0.05, 0.1) is 0 Å². The zero-order valence-corrected chi connectivity index (χ0v) is 26.3. The molecule has 0 fully saturated rings. The van der Waals surface area contributed by atoms with Gasteiger partial charge in [0.2, 0.25) is 0 Å². The number of fused-ring (bicyclic) bond motifs is 8. The second-order valence-electron chi connectivity index (χ2n) is 12.8. The van der Waals surface area contributed by atoms with Gasteiger partial charge in [-0.3, -0.25) is 0 Å². The summed E-state index contributed by atoms with van der Waals surface area (Å²) in [5.74, 6) is 0. The van der Waals surface area contributed by atoms with Crippen molar-refractivity contribution in [2.45, 2.75) is 0 Å². The summed E-state index contributed by atoms with van der Waals surface area (Å²) in [6, 6.07) is 67.2. The summed E-state index contributed by atoms with van der Waals surface area (Å²) in [5, 5.41) is 15.3. The first-order chi connectivity index (χ1) is 23.8. The Balaban J connectivity index is 1.38. The van der Waals surface area contributed by atoms with Gasteiger partial charge in [-0.25, -0.2) is 0 Å². The van der Waals surface area contributed by atoms with Crippen LogP contribution in [-0.4, -0.2) is 0 Å². The molecule has 0 atom stereocenters. The van der Waals surface area contributed by atoms with Crippen LogP contribution < -0.4 is 0 Å². The number of benzene rings is 10. The van der Waals surface area contributed by atoms with Crippen LogP contribution in [0.25, 0.3) is 98.0 Å². The molecule has 0 amide bonds. The third-order valence-electron chi connectivity index (χ3n) is 10.2. The van der Waals surface area contributed by atoms with E-state index in [1.807, 2.05) is 0 Å². The Kier molecular flexibility index (Phi) is 5.98. The fourth-order valence-electron chi connectivity index (χ4n) is 8.02. The minimum absolute atomic E-state index is 1.22. The standard InChI is InChI=1S/C48H30/c1-2-12-31(13-3-1)35-26-27-43-45(29-35)47(36-24-22-32-14-4-5-16-34(32)28-36)41-20-10-11-21-42(41)48(43)44-30-37-25-23-33-15-6-7-17-38(33)46(37)40-19-9-8-18-39(40)44/h1-30H. The minimum Gasteiger partial charge on any atom is -0.0622 e. The van der Waals surface area contributed by atoms with Crippen LogP contribution in [0.1, 0.15) is 0 Å². The molecule has 0 aliphatic rings.